The van der Waals surface area contributed by atoms with Gasteiger partial charge in [-0.15, -0.1) is 0 Å². The van der Waals surface area contributed by atoms with Gasteiger partial charge in [0.05, 0.1) is 25.2 Å². The number of nitrogens with zero attached hydrogens (tertiary/aromatic N) is 2. The molecule has 0 radical (unpaired) electrons. The van der Waals surface area contributed by atoms with E-state index in [0.29, 0.717) is 22.6 Å². The van der Waals surface area contributed by atoms with Crippen LogP contribution in [0.5, 0.6) is 5.75 Å². The van der Waals surface area contributed by atoms with Crippen LogP contribution < -0.4 is 10.2 Å². The fourth-order valence-electron chi connectivity index (χ4n) is 2.23. The minimum absolute atomic E-state index is 0.316. The van der Waals surface area contributed by atoms with E-state index in [4.69, 9.17) is 4.74 Å². The van der Waals surface area contributed by atoms with Crippen molar-refractivity contribution in [1.29, 1.82) is 0 Å². The summed E-state index contributed by atoms with van der Waals surface area (Å²) in [4.78, 5) is 12.1. The minimum Gasteiger partial charge on any atom is -0.497 e. The van der Waals surface area contributed by atoms with Crippen LogP contribution in [-0.4, -0.2) is 29.4 Å². The van der Waals surface area contributed by atoms with Crippen molar-refractivity contribution in [2.24, 2.45) is 5.10 Å². The summed E-state index contributed by atoms with van der Waals surface area (Å²) in [5.74, 6) is -0.0870. The van der Waals surface area contributed by atoms with Gasteiger partial charge in [0.1, 0.15) is 11.6 Å². The van der Waals surface area contributed by atoms with Crippen LogP contribution in [0.15, 0.2) is 59.8 Å². The molecule has 3 aromatic rings. The second kappa shape index (κ2) is 7.39. The molecule has 0 spiro atoms. The molecular formula is C18H15FN4O2. The number of carbonyl (C=O) groups excluding carboxylic acids is 1. The van der Waals surface area contributed by atoms with E-state index in [1.54, 1.807) is 42.6 Å². The third-order valence-electron chi connectivity index (χ3n) is 3.50. The number of hydrazone groups is 1. The Hall–Kier alpha value is -3.48. The highest BCUT2D eigenvalue weighted by atomic mass is 19.1. The minimum atomic E-state index is -0.359. The molecule has 0 fully saturated rings. The van der Waals surface area contributed by atoms with Crippen molar-refractivity contribution in [2.45, 2.75) is 0 Å². The molecule has 0 saturated carbocycles. The highest BCUT2D eigenvalue weighted by molar-refractivity contribution is 5.95. The number of hydrogen-bond donors (Lipinski definition) is 2. The predicted octanol–water partition coefficient (Wildman–Crippen LogP) is 2.99. The first-order valence-corrected chi connectivity index (χ1v) is 7.44. The Morgan fingerprint density at radius 3 is 2.84 bits per heavy atom. The van der Waals surface area contributed by atoms with Crippen LogP contribution in [0.2, 0.25) is 0 Å². The number of ether oxygens (including phenoxy) is 1. The molecule has 6 nitrogen and oxygen atoms in total. The first-order chi connectivity index (χ1) is 12.2. The van der Waals surface area contributed by atoms with Crippen molar-refractivity contribution in [1.82, 2.24) is 15.6 Å². The first kappa shape index (κ1) is 16.4. The van der Waals surface area contributed by atoms with Crippen LogP contribution in [0.3, 0.4) is 0 Å². The van der Waals surface area contributed by atoms with Gasteiger partial charge >= 0.3 is 0 Å². The van der Waals surface area contributed by atoms with E-state index in [9.17, 15) is 9.18 Å². The molecule has 2 N–H and O–H groups in total. The maximum absolute atomic E-state index is 13.0. The monoisotopic (exact) mass is 338 g/mol. The van der Waals surface area contributed by atoms with Gasteiger partial charge in [-0.05, 0) is 42.5 Å². The Morgan fingerprint density at radius 1 is 1.28 bits per heavy atom. The number of methoxy groups -OCH3 is 1. The van der Waals surface area contributed by atoms with E-state index in [2.05, 4.69) is 20.7 Å². The maximum atomic E-state index is 13.0. The van der Waals surface area contributed by atoms with E-state index in [1.807, 2.05) is 0 Å². The zero-order valence-corrected chi connectivity index (χ0v) is 13.4. The molecule has 0 unspecified atom stereocenters. The summed E-state index contributed by atoms with van der Waals surface area (Å²) >= 11 is 0. The highest BCUT2D eigenvalue weighted by Crippen LogP contribution is 2.20. The van der Waals surface area contributed by atoms with Gasteiger partial charge in [-0.1, -0.05) is 6.07 Å². The zero-order chi connectivity index (χ0) is 17.6. The molecule has 0 aliphatic carbocycles. The third-order valence-corrected chi connectivity index (χ3v) is 3.50. The second-order valence-electron chi connectivity index (χ2n) is 5.14. The SMILES string of the molecule is COc1cccc(C(=O)NN=Cc2cn[nH]c2-c2ccc(F)cc2)c1. The molecule has 25 heavy (non-hydrogen) atoms. The number of carbonyl (C=O) groups is 1. The molecule has 3 rings (SSSR count). The van der Waals surface area contributed by atoms with Gasteiger partial charge in [-0.25, -0.2) is 9.82 Å². The van der Waals surface area contributed by atoms with Crippen molar-refractivity contribution >= 4 is 12.1 Å². The molecule has 0 saturated heterocycles. The highest BCUT2D eigenvalue weighted by Gasteiger charge is 2.07. The van der Waals surface area contributed by atoms with Gasteiger partial charge in [0, 0.05) is 16.7 Å². The number of amides is 1. The number of aromatic nitrogens is 2. The molecule has 126 valence electrons. The standard InChI is InChI=1S/C18H15FN4O2/c1-25-16-4-2-3-13(9-16)18(24)23-21-11-14-10-20-22-17(14)12-5-7-15(19)8-6-12/h2-11H,1H3,(H,20,22)(H,23,24). The number of aromatic amines is 1. The summed E-state index contributed by atoms with van der Waals surface area (Å²) in [5.41, 5.74) is 4.99. The summed E-state index contributed by atoms with van der Waals surface area (Å²) in [5, 5.41) is 10.7. The summed E-state index contributed by atoms with van der Waals surface area (Å²) in [7, 11) is 1.53. The van der Waals surface area contributed by atoms with Gasteiger partial charge in [-0.3, -0.25) is 9.89 Å². The fraction of sp³-hybridized carbons (Fsp3) is 0.0556. The quantitative estimate of drug-likeness (QED) is 0.554. The molecule has 0 aliphatic rings. The molecule has 1 amide bonds. The lowest BCUT2D eigenvalue weighted by Crippen LogP contribution is -2.17. The Balaban J connectivity index is 1.72. The van der Waals surface area contributed by atoms with E-state index < -0.39 is 0 Å². The molecule has 0 bridgehead atoms. The number of nitrogens with one attached hydrogen (secondary N) is 2. The first-order valence-electron chi connectivity index (χ1n) is 7.44. The van der Waals surface area contributed by atoms with Crippen molar-refractivity contribution in [3.8, 4) is 17.0 Å². The van der Waals surface area contributed by atoms with Crippen LogP contribution >= 0.6 is 0 Å². The molecule has 0 atom stereocenters. The second-order valence-corrected chi connectivity index (χ2v) is 5.14. The van der Waals surface area contributed by atoms with Crippen LogP contribution in [0.1, 0.15) is 15.9 Å². The number of rotatable bonds is 5. The van der Waals surface area contributed by atoms with E-state index in [-0.39, 0.29) is 11.7 Å². The van der Waals surface area contributed by atoms with Crippen LogP contribution in [0.4, 0.5) is 4.39 Å². The van der Waals surface area contributed by atoms with E-state index in [0.717, 1.165) is 5.56 Å². The van der Waals surface area contributed by atoms with Gasteiger partial charge in [0.25, 0.3) is 5.91 Å². The lowest BCUT2D eigenvalue weighted by atomic mass is 10.1. The number of halogens is 1. The fourth-order valence-corrected chi connectivity index (χ4v) is 2.23. The summed E-state index contributed by atoms with van der Waals surface area (Å²) in [6, 6.07) is 12.7. The van der Waals surface area contributed by atoms with Crippen LogP contribution in [0.25, 0.3) is 11.3 Å². The molecule has 1 aromatic heterocycles. The molecule has 0 aliphatic heterocycles. The van der Waals surface area contributed by atoms with Crippen LogP contribution in [0, 0.1) is 5.82 Å². The normalized spacial score (nSPS) is 10.8. The zero-order valence-electron chi connectivity index (χ0n) is 13.4. The average molecular weight is 338 g/mol. The largest absolute Gasteiger partial charge is 0.497 e. The Kier molecular flexibility index (Phi) is 4.84. The van der Waals surface area contributed by atoms with Crippen molar-refractivity contribution in [3.63, 3.8) is 0 Å². The number of hydrogen-bond acceptors (Lipinski definition) is 4. The average Bonchev–Trinajstić information content (AvgIpc) is 3.11. The molecule has 1 heterocycles. The smallest absolute Gasteiger partial charge is 0.271 e. The van der Waals surface area contributed by atoms with Gasteiger partial charge in [0.2, 0.25) is 0 Å². The summed E-state index contributed by atoms with van der Waals surface area (Å²) in [6.07, 6.45) is 3.04. The van der Waals surface area contributed by atoms with Gasteiger partial charge in [0.15, 0.2) is 0 Å². The predicted molar refractivity (Wildman–Crippen MR) is 92.0 cm³/mol. The number of benzene rings is 2. The molecule has 7 heteroatoms. The van der Waals surface area contributed by atoms with Crippen molar-refractivity contribution in [2.75, 3.05) is 7.11 Å². The Bertz CT molecular complexity index is 903. The third kappa shape index (κ3) is 3.89. The maximum Gasteiger partial charge on any atom is 0.271 e. The van der Waals surface area contributed by atoms with Crippen LogP contribution in [-0.2, 0) is 0 Å². The van der Waals surface area contributed by atoms with Gasteiger partial charge in [-0.2, -0.15) is 10.2 Å². The van der Waals surface area contributed by atoms with E-state index >= 15 is 0 Å². The van der Waals surface area contributed by atoms with E-state index in [1.165, 1.54) is 25.5 Å². The lowest BCUT2D eigenvalue weighted by molar-refractivity contribution is 0.0955. The summed E-state index contributed by atoms with van der Waals surface area (Å²) < 4.78 is 18.1. The number of H-pyrrole nitrogens is 1. The van der Waals surface area contributed by atoms with Gasteiger partial charge < -0.3 is 4.74 Å². The molecular weight excluding hydrogens is 323 g/mol. The summed E-state index contributed by atoms with van der Waals surface area (Å²) in [6.45, 7) is 0. The molecule has 2 aromatic carbocycles. The lowest BCUT2D eigenvalue weighted by Gasteiger charge is -2.03. The van der Waals surface area contributed by atoms with Crippen molar-refractivity contribution < 1.29 is 13.9 Å². The topological polar surface area (TPSA) is 79.4 Å². The Morgan fingerprint density at radius 2 is 2.08 bits per heavy atom. The van der Waals surface area contributed by atoms with Crippen molar-refractivity contribution in [3.05, 3.63) is 71.7 Å². The Labute approximate surface area is 143 Å².